The summed E-state index contributed by atoms with van der Waals surface area (Å²) in [6.07, 6.45) is -0.741. The van der Waals surface area contributed by atoms with Crippen LogP contribution in [0.4, 0.5) is 0 Å². The van der Waals surface area contributed by atoms with Gasteiger partial charge in [-0.1, -0.05) is 5.16 Å². The SMILES string of the molecule is C/C(=N/OCC(=O)O[C@@H](C)c1nc2sc(C)c(C)c2c(=O)[nH]1)c1ccc2c(c1)OCO2. The number of H-pyrrole nitrogens is 1. The third-order valence-electron chi connectivity index (χ3n) is 4.92. The number of ether oxygens (including phenoxy) is 3. The van der Waals surface area contributed by atoms with Crippen molar-refractivity contribution < 1.29 is 23.8 Å². The Morgan fingerprint density at radius 2 is 2.10 bits per heavy atom. The zero-order chi connectivity index (χ0) is 22.1. The van der Waals surface area contributed by atoms with Gasteiger partial charge in [-0.05, 0) is 51.5 Å². The molecule has 0 saturated carbocycles. The molecule has 1 aromatic carbocycles. The van der Waals surface area contributed by atoms with E-state index in [0.717, 1.165) is 16.0 Å². The summed E-state index contributed by atoms with van der Waals surface area (Å²) in [6, 6.07) is 5.40. The molecule has 9 nitrogen and oxygen atoms in total. The summed E-state index contributed by atoms with van der Waals surface area (Å²) in [6.45, 7) is 7.02. The molecule has 2 aromatic heterocycles. The lowest BCUT2D eigenvalue weighted by Crippen LogP contribution is -2.19. The van der Waals surface area contributed by atoms with Gasteiger partial charge in [0.1, 0.15) is 4.83 Å². The first-order chi connectivity index (χ1) is 14.8. The normalized spacial score (nSPS) is 14.0. The van der Waals surface area contributed by atoms with Crippen LogP contribution in [0.1, 0.15) is 41.8 Å². The van der Waals surface area contributed by atoms with Crippen LogP contribution in [0.15, 0.2) is 28.1 Å². The Bertz CT molecular complexity index is 1250. The molecular weight excluding hydrogens is 422 g/mol. The minimum atomic E-state index is -0.741. The minimum Gasteiger partial charge on any atom is -0.454 e. The van der Waals surface area contributed by atoms with Crippen molar-refractivity contribution in [2.45, 2.75) is 33.8 Å². The van der Waals surface area contributed by atoms with E-state index in [1.807, 2.05) is 19.9 Å². The average molecular weight is 443 g/mol. The second kappa shape index (κ2) is 8.38. The Kier molecular flexibility index (Phi) is 5.64. The molecule has 1 N–H and O–H groups in total. The lowest BCUT2D eigenvalue weighted by atomic mass is 10.1. The molecule has 0 amide bonds. The second-order valence-electron chi connectivity index (χ2n) is 7.06. The summed E-state index contributed by atoms with van der Waals surface area (Å²) in [7, 11) is 0. The summed E-state index contributed by atoms with van der Waals surface area (Å²) in [5, 5.41) is 4.53. The lowest BCUT2D eigenvalue weighted by Gasteiger charge is -2.12. The van der Waals surface area contributed by atoms with Gasteiger partial charge in [0.25, 0.3) is 5.56 Å². The smallest absolute Gasteiger partial charge is 0.347 e. The van der Waals surface area contributed by atoms with Crippen molar-refractivity contribution in [3.63, 3.8) is 0 Å². The minimum absolute atomic E-state index is 0.189. The first-order valence-electron chi connectivity index (χ1n) is 9.59. The topological polar surface area (TPSA) is 112 Å². The van der Waals surface area contributed by atoms with Gasteiger partial charge in [-0.3, -0.25) is 4.79 Å². The van der Waals surface area contributed by atoms with Gasteiger partial charge in [0.15, 0.2) is 23.4 Å². The van der Waals surface area contributed by atoms with Crippen molar-refractivity contribution in [3.8, 4) is 11.5 Å². The van der Waals surface area contributed by atoms with Crippen molar-refractivity contribution in [2.75, 3.05) is 13.4 Å². The lowest BCUT2D eigenvalue weighted by molar-refractivity contribution is -0.154. The summed E-state index contributed by atoms with van der Waals surface area (Å²) < 4.78 is 15.9. The second-order valence-corrected chi connectivity index (χ2v) is 8.27. The molecule has 0 saturated heterocycles. The maximum Gasteiger partial charge on any atom is 0.347 e. The predicted octanol–water partition coefficient (Wildman–Crippen LogP) is 3.38. The molecule has 0 unspecified atom stereocenters. The zero-order valence-electron chi connectivity index (χ0n) is 17.5. The fourth-order valence-corrected chi connectivity index (χ4v) is 4.14. The number of rotatable bonds is 6. The van der Waals surface area contributed by atoms with Gasteiger partial charge in [0.05, 0.1) is 11.1 Å². The molecule has 0 fully saturated rings. The summed E-state index contributed by atoms with van der Waals surface area (Å²) >= 11 is 1.43. The quantitative estimate of drug-likeness (QED) is 0.353. The van der Waals surface area contributed by atoms with E-state index in [0.29, 0.717) is 27.4 Å². The number of hydrogen-bond donors (Lipinski definition) is 1. The van der Waals surface area contributed by atoms with Crippen LogP contribution < -0.4 is 15.0 Å². The van der Waals surface area contributed by atoms with E-state index in [1.165, 1.54) is 11.3 Å². The summed E-state index contributed by atoms with van der Waals surface area (Å²) in [5.74, 6) is 0.964. The van der Waals surface area contributed by atoms with Crippen molar-refractivity contribution in [1.29, 1.82) is 0 Å². The summed E-state index contributed by atoms with van der Waals surface area (Å²) in [4.78, 5) is 38.4. The van der Waals surface area contributed by atoms with E-state index < -0.39 is 12.1 Å². The fourth-order valence-electron chi connectivity index (χ4n) is 3.11. The average Bonchev–Trinajstić information content (AvgIpc) is 3.31. The van der Waals surface area contributed by atoms with E-state index in [2.05, 4.69) is 15.1 Å². The third-order valence-corrected chi connectivity index (χ3v) is 6.03. The van der Waals surface area contributed by atoms with Crippen LogP contribution in [-0.4, -0.2) is 35.0 Å². The molecule has 4 rings (SSSR count). The number of aromatic nitrogens is 2. The van der Waals surface area contributed by atoms with E-state index >= 15 is 0 Å². The van der Waals surface area contributed by atoms with Gasteiger partial charge in [-0.25, -0.2) is 9.78 Å². The molecule has 0 bridgehead atoms. The number of thiophene rings is 1. The number of esters is 1. The van der Waals surface area contributed by atoms with Gasteiger partial charge in [-0.2, -0.15) is 0 Å². The van der Waals surface area contributed by atoms with Gasteiger partial charge in [0.2, 0.25) is 13.4 Å². The van der Waals surface area contributed by atoms with Crippen molar-refractivity contribution >= 4 is 33.2 Å². The molecule has 1 atom stereocenters. The molecule has 1 aliphatic rings. The van der Waals surface area contributed by atoms with E-state index in [4.69, 9.17) is 19.0 Å². The molecule has 1 aliphatic heterocycles. The number of carbonyl (C=O) groups is 1. The number of oxime groups is 1. The molecule has 3 aromatic rings. The van der Waals surface area contributed by atoms with Crippen LogP contribution in [0.5, 0.6) is 11.5 Å². The number of nitrogens with one attached hydrogen (secondary N) is 1. The summed E-state index contributed by atoms with van der Waals surface area (Å²) in [5.41, 5.74) is 2.01. The van der Waals surface area contributed by atoms with Crippen LogP contribution in [0, 0.1) is 13.8 Å². The first kappa shape index (κ1) is 20.9. The molecule has 162 valence electrons. The maximum atomic E-state index is 12.4. The number of aromatic amines is 1. The standard InChI is InChI=1S/C21H21N3O6S/c1-10-13(4)31-21-18(10)20(26)22-19(23-21)12(3)30-17(25)8-29-24-11(2)14-5-6-15-16(7-14)28-9-27-15/h5-7,12H,8-9H2,1-4H3,(H,22,23,26)/b24-11-/t12-/m0/s1. The number of nitrogens with zero attached hydrogens (tertiary/aromatic N) is 2. The van der Waals surface area contributed by atoms with Gasteiger partial charge < -0.3 is 24.0 Å². The number of aryl methyl sites for hydroxylation is 2. The Balaban J connectivity index is 1.37. The van der Waals surface area contributed by atoms with Gasteiger partial charge >= 0.3 is 5.97 Å². The maximum absolute atomic E-state index is 12.4. The Hall–Kier alpha value is -3.40. The van der Waals surface area contributed by atoms with Gasteiger partial charge in [0, 0.05) is 10.4 Å². The molecule has 10 heteroatoms. The largest absolute Gasteiger partial charge is 0.454 e. The highest BCUT2D eigenvalue weighted by Crippen LogP contribution is 2.32. The van der Waals surface area contributed by atoms with Crippen LogP contribution in [0.25, 0.3) is 10.2 Å². The van der Waals surface area contributed by atoms with Crippen LogP contribution >= 0.6 is 11.3 Å². The highest BCUT2D eigenvalue weighted by Gasteiger charge is 2.19. The van der Waals surface area contributed by atoms with Crippen molar-refractivity contribution in [3.05, 3.63) is 50.4 Å². The van der Waals surface area contributed by atoms with E-state index in [1.54, 1.807) is 26.0 Å². The van der Waals surface area contributed by atoms with Crippen LogP contribution in [0.2, 0.25) is 0 Å². The highest BCUT2D eigenvalue weighted by molar-refractivity contribution is 7.18. The molecule has 31 heavy (non-hydrogen) atoms. The Labute approximate surface area is 181 Å². The van der Waals surface area contributed by atoms with E-state index in [-0.39, 0.29) is 24.8 Å². The first-order valence-corrected chi connectivity index (χ1v) is 10.4. The van der Waals surface area contributed by atoms with Crippen LogP contribution in [0.3, 0.4) is 0 Å². The molecule has 0 spiro atoms. The number of benzene rings is 1. The molecule has 0 radical (unpaired) electrons. The molecule has 3 heterocycles. The highest BCUT2D eigenvalue weighted by atomic mass is 32.1. The molecule has 0 aliphatic carbocycles. The van der Waals surface area contributed by atoms with Crippen molar-refractivity contribution in [2.24, 2.45) is 5.16 Å². The van der Waals surface area contributed by atoms with Crippen molar-refractivity contribution in [1.82, 2.24) is 9.97 Å². The monoisotopic (exact) mass is 443 g/mol. The Morgan fingerprint density at radius 3 is 2.90 bits per heavy atom. The van der Waals surface area contributed by atoms with E-state index in [9.17, 15) is 9.59 Å². The predicted molar refractivity (Wildman–Crippen MR) is 115 cm³/mol. The fraction of sp³-hybridized carbons (Fsp3) is 0.333. The third kappa shape index (κ3) is 4.24. The number of carbonyl (C=O) groups excluding carboxylic acids is 1. The van der Waals surface area contributed by atoms with Gasteiger partial charge in [-0.15, -0.1) is 11.3 Å². The Morgan fingerprint density at radius 1 is 1.32 bits per heavy atom. The number of fused-ring (bicyclic) bond motifs is 2. The number of hydrogen-bond acceptors (Lipinski definition) is 9. The zero-order valence-corrected chi connectivity index (χ0v) is 18.3. The molecular formula is C21H21N3O6S. The van der Waals surface area contributed by atoms with Crippen LogP contribution in [-0.2, 0) is 14.4 Å².